The van der Waals surface area contributed by atoms with Gasteiger partial charge in [-0.1, -0.05) is 28.9 Å². The van der Waals surface area contributed by atoms with Crippen molar-refractivity contribution in [1.82, 2.24) is 25.4 Å². The molecule has 8 heteroatoms. The summed E-state index contributed by atoms with van der Waals surface area (Å²) in [6, 6.07) is 11.9. The van der Waals surface area contributed by atoms with Crippen LogP contribution in [0.3, 0.4) is 0 Å². The molecule has 0 amide bonds. The maximum Gasteiger partial charge on any atom is 0.258 e. The van der Waals surface area contributed by atoms with E-state index in [0.717, 1.165) is 37.3 Å². The quantitative estimate of drug-likeness (QED) is 0.871. The second-order valence-electron chi connectivity index (χ2n) is 6.39. The molecule has 3 heterocycles. The monoisotopic (exact) mass is 376 g/mol. The summed E-state index contributed by atoms with van der Waals surface area (Å²) in [7, 11) is 1.58. The van der Waals surface area contributed by atoms with E-state index in [9.17, 15) is 5.26 Å². The minimum absolute atomic E-state index is 0.474. The second-order valence-corrected chi connectivity index (χ2v) is 6.39. The van der Waals surface area contributed by atoms with E-state index in [4.69, 9.17) is 9.36 Å². The van der Waals surface area contributed by atoms with Gasteiger partial charge in [-0.15, -0.1) is 0 Å². The van der Waals surface area contributed by atoms with Crippen molar-refractivity contribution in [2.24, 2.45) is 0 Å². The van der Waals surface area contributed by atoms with Gasteiger partial charge in [-0.3, -0.25) is 4.84 Å². The first-order valence-corrected chi connectivity index (χ1v) is 9.03. The number of nitriles is 1. The van der Waals surface area contributed by atoms with E-state index < -0.39 is 0 Å². The van der Waals surface area contributed by atoms with Crippen LogP contribution in [-0.2, 0) is 4.84 Å². The molecule has 2 aliphatic rings. The average Bonchev–Trinajstić information content (AvgIpc) is 3.23. The Morgan fingerprint density at radius 3 is 2.75 bits per heavy atom. The Balaban J connectivity index is 1.45. The fraction of sp³-hybridized carbons (Fsp3) is 0.250. The molecule has 0 atom stereocenters. The molecule has 0 radical (unpaired) electrons. The van der Waals surface area contributed by atoms with Crippen molar-refractivity contribution in [3.05, 3.63) is 65.6 Å². The summed E-state index contributed by atoms with van der Waals surface area (Å²) < 4.78 is 5.37. The zero-order valence-electron chi connectivity index (χ0n) is 15.5. The first kappa shape index (κ1) is 17.8. The van der Waals surface area contributed by atoms with E-state index in [2.05, 4.69) is 26.4 Å². The maximum absolute atomic E-state index is 9.40. The molecule has 1 aromatic heterocycles. The Kier molecular flexibility index (Phi) is 5.08. The molecule has 28 heavy (non-hydrogen) atoms. The summed E-state index contributed by atoms with van der Waals surface area (Å²) in [4.78, 5) is 12.0. The summed E-state index contributed by atoms with van der Waals surface area (Å²) in [6.45, 7) is 1.54. The lowest BCUT2D eigenvalue weighted by Gasteiger charge is -2.37. The van der Waals surface area contributed by atoms with Gasteiger partial charge in [0, 0.05) is 24.9 Å². The minimum Gasteiger partial charge on any atom is -0.353 e. The van der Waals surface area contributed by atoms with Gasteiger partial charge in [-0.05, 0) is 31.1 Å². The van der Waals surface area contributed by atoms with Crippen LogP contribution in [0.5, 0.6) is 0 Å². The number of nitrogens with zero attached hydrogens (tertiary/aromatic N) is 5. The average molecular weight is 376 g/mol. The van der Waals surface area contributed by atoms with Gasteiger partial charge in [0.25, 0.3) is 5.89 Å². The molecule has 0 bridgehead atoms. The Labute approximate surface area is 163 Å². The number of nitrogens with one attached hydrogen (secondary N) is 1. The van der Waals surface area contributed by atoms with Crippen LogP contribution in [-0.4, -0.2) is 40.3 Å². The Morgan fingerprint density at radius 2 is 2.04 bits per heavy atom. The van der Waals surface area contributed by atoms with Gasteiger partial charge in [0.1, 0.15) is 6.07 Å². The van der Waals surface area contributed by atoms with Crippen molar-refractivity contribution < 1.29 is 9.36 Å². The number of allylic oxidation sites excluding steroid dienone is 1. The zero-order valence-corrected chi connectivity index (χ0v) is 15.5. The van der Waals surface area contributed by atoms with Crippen LogP contribution in [0.25, 0.3) is 17.5 Å². The molecule has 0 aliphatic carbocycles. The molecular weight excluding hydrogens is 356 g/mol. The van der Waals surface area contributed by atoms with Crippen LogP contribution in [0, 0.1) is 11.3 Å². The second kappa shape index (κ2) is 7.98. The number of hydroxylamine groups is 2. The molecule has 1 saturated heterocycles. The van der Waals surface area contributed by atoms with Gasteiger partial charge in [0.15, 0.2) is 17.3 Å². The van der Waals surface area contributed by atoms with E-state index >= 15 is 0 Å². The van der Waals surface area contributed by atoms with E-state index in [1.54, 1.807) is 24.6 Å². The molecule has 142 valence electrons. The van der Waals surface area contributed by atoms with E-state index in [1.807, 2.05) is 36.4 Å². The highest BCUT2D eigenvalue weighted by Gasteiger charge is 2.25. The fourth-order valence-electron chi connectivity index (χ4n) is 3.28. The number of benzene rings is 1. The molecule has 2 aromatic rings. The third-order valence-corrected chi connectivity index (χ3v) is 4.68. The minimum atomic E-state index is 0.474. The van der Waals surface area contributed by atoms with Crippen molar-refractivity contribution in [1.29, 1.82) is 5.26 Å². The van der Waals surface area contributed by atoms with Crippen LogP contribution in [0.1, 0.15) is 18.7 Å². The van der Waals surface area contributed by atoms with Gasteiger partial charge < -0.3 is 14.7 Å². The largest absolute Gasteiger partial charge is 0.353 e. The number of hydrogen-bond donors (Lipinski definition) is 1. The summed E-state index contributed by atoms with van der Waals surface area (Å²) >= 11 is 0. The van der Waals surface area contributed by atoms with E-state index in [1.165, 1.54) is 5.57 Å². The summed E-state index contributed by atoms with van der Waals surface area (Å²) in [5.74, 6) is 1.84. The number of likely N-dealkylation sites (tertiary alicyclic amines) is 1. The molecule has 4 rings (SSSR count). The molecule has 2 aliphatic heterocycles. The summed E-state index contributed by atoms with van der Waals surface area (Å²) in [5.41, 5.74) is 2.63. The molecule has 0 spiro atoms. The van der Waals surface area contributed by atoms with Crippen molar-refractivity contribution >= 4 is 6.08 Å². The number of hydrogen-bond acceptors (Lipinski definition) is 8. The lowest BCUT2D eigenvalue weighted by Crippen LogP contribution is -2.40. The first-order valence-electron chi connectivity index (χ1n) is 9.03. The summed E-state index contributed by atoms with van der Waals surface area (Å²) in [6.07, 6.45) is 7.12. The molecular formula is C20H20N6O2. The van der Waals surface area contributed by atoms with Crippen molar-refractivity contribution in [3.63, 3.8) is 0 Å². The molecule has 8 nitrogen and oxygen atoms in total. The zero-order chi connectivity index (χ0) is 19.3. The third kappa shape index (κ3) is 3.61. The van der Waals surface area contributed by atoms with Gasteiger partial charge in [-0.25, -0.2) is 5.06 Å². The maximum atomic E-state index is 9.40. The first-order chi connectivity index (χ1) is 13.8. The molecule has 0 unspecified atom stereocenters. The predicted molar refractivity (Wildman–Crippen MR) is 102 cm³/mol. The number of rotatable bonds is 4. The van der Waals surface area contributed by atoms with Crippen molar-refractivity contribution in [2.75, 3.05) is 20.2 Å². The van der Waals surface area contributed by atoms with E-state index in [-0.39, 0.29) is 0 Å². The Morgan fingerprint density at radius 1 is 1.25 bits per heavy atom. The lowest BCUT2D eigenvalue weighted by molar-refractivity contribution is -0.0836. The van der Waals surface area contributed by atoms with Crippen molar-refractivity contribution in [3.8, 4) is 17.5 Å². The van der Waals surface area contributed by atoms with Gasteiger partial charge in [0.2, 0.25) is 0 Å². The number of piperidine rings is 1. The van der Waals surface area contributed by atoms with Crippen LogP contribution in [0.2, 0.25) is 0 Å². The number of aromatic nitrogens is 2. The van der Waals surface area contributed by atoms with Gasteiger partial charge in [0.05, 0.1) is 13.3 Å². The van der Waals surface area contributed by atoms with Crippen LogP contribution in [0.15, 0.2) is 64.3 Å². The topological polar surface area (TPSA) is 90.5 Å². The molecule has 1 N–H and O–H groups in total. The highest BCUT2D eigenvalue weighted by atomic mass is 16.7. The summed E-state index contributed by atoms with van der Waals surface area (Å²) in [5, 5.41) is 18.1. The standard InChI is InChI=1S/C20H20N6O2/c1-27-26-12-9-22-17(14-21)20(26)25-10-7-15(8-11-25)13-18-23-19(28-24-18)16-5-3-2-4-6-16/h2-6,9,12-13,22H,7-8,10-11H2,1H3. The Bertz CT molecular complexity index is 960. The highest BCUT2D eigenvalue weighted by molar-refractivity contribution is 5.55. The van der Waals surface area contributed by atoms with Crippen molar-refractivity contribution in [2.45, 2.75) is 12.8 Å². The van der Waals surface area contributed by atoms with Gasteiger partial charge in [-0.2, -0.15) is 10.2 Å². The predicted octanol–water partition coefficient (Wildman–Crippen LogP) is 2.85. The Hall–Kier alpha value is -3.57. The molecule has 1 aromatic carbocycles. The highest BCUT2D eigenvalue weighted by Crippen LogP contribution is 2.26. The van der Waals surface area contributed by atoms with Crippen LogP contribution < -0.4 is 5.32 Å². The fourth-order valence-corrected chi connectivity index (χ4v) is 3.28. The molecule has 0 saturated carbocycles. The molecule has 1 fully saturated rings. The smallest absolute Gasteiger partial charge is 0.258 e. The third-order valence-electron chi connectivity index (χ3n) is 4.68. The lowest BCUT2D eigenvalue weighted by atomic mass is 10.0. The van der Waals surface area contributed by atoms with E-state index in [0.29, 0.717) is 17.4 Å². The van der Waals surface area contributed by atoms with Crippen LogP contribution in [0.4, 0.5) is 0 Å². The van der Waals surface area contributed by atoms with Gasteiger partial charge >= 0.3 is 0 Å². The van der Waals surface area contributed by atoms with Crippen LogP contribution >= 0.6 is 0 Å². The SMILES string of the molecule is CON1C=CNC(C#N)=C1N1CCC(=Cc2noc(-c3ccccc3)n2)CC1. The normalized spacial score (nSPS) is 16.8.